The molecule has 1 aliphatic heterocycles. The van der Waals surface area contributed by atoms with Crippen molar-refractivity contribution in [2.75, 3.05) is 6.54 Å². The molecule has 138 valence electrons. The average Bonchev–Trinajstić information content (AvgIpc) is 2.87. The van der Waals surface area contributed by atoms with Gasteiger partial charge in [0, 0.05) is 32.5 Å². The Kier molecular flexibility index (Phi) is 5.83. The van der Waals surface area contributed by atoms with Crippen LogP contribution in [0.15, 0.2) is 24.3 Å². The van der Waals surface area contributed by atoms with Crippen LogP contribution in [0.3, 0.4) is 0 Å². The van der Waals surface area contributed by atoms with Gasteiger partial charge in [-0.3, -0.25) is 0 Å². The van der Waals surface area contributed by atoms with Crippen LogP contribution in [0, 0.1) is 0 Å². The monoisotopic (exact) mass is 357 g/mol. The summed E-state index contributed by atoms with van der Waals surface area (Å²) in [7, 11) is 0. The van der Waals surface area contributed by atoms with Crippen LogP contribution >= 0.6 is 0 Å². The summed E-state index contributed by atoms with van der Waals surface area (Å²) >= 11 is 0. The van der Waals surface area contributed by atoms with Crippen LogP contribution in [-0.2, 0) is 25.9 Å². The minimum absolute atomic E-state index is 0.227. The van der Waals surface area contributed by atoms with Gasteiger partial charge in [-0.25, -0.2) is 9.59 Å². The van der Waals surface area contributed by atoms with E-state index in [0.717, 1.165) is 43.0 Å². The molecule has 3 N–H and O–H groups in total. The van der Waals surface area contributed by atoms with E-state index in [1.54, 1.807) is 12.1 Å². The number of nitrogens with zero attached hydrogens (tertiary/aromatic N) is 3. The fourth-order valence-corrected chi connectivity index (χ4v) is 3.03. The summed E-state index contributed by atoms with van der Waals surface area (Å²) in [6.07, 6.45) is 5.14. The maximum Gasteiger partial charge on any atom is 0.335 e. The highest BCUT2D eigenvalue weighted by Gasteiger charge is 2.14. The van der Waals surface area contributed by atoms with Crippen molar-refractivity contribution in [2.45, 2.75) is 45.2 Å². The van der Waals surface area contributed by atoms with Crippen molar-refractivity contribution in [3.8, 4) is 0 Å². The number of carboxylic acid groups (broad SMARTS) is 1. The quantitative estimate of drug-likeness (QED) is 0.730. The molecule has 0 aliphatic carbocycles. The lowest BCUT2D eigenvalue weighted by atomic mass is 10.1. The van der Waals surface area contributed by atoms with Crippen molar-refractivity contribution < 1.29 is 14.7 Å². The summed E-state index contributed by atoms with van der Waals surface area (Å²) in [5.74, 6) is 1.01. The number of nitrogens with one attached hydrogen (secondary N) is 2. The van der Waals surface area contributed by atoms with Crippen LogP contribution in [0.5, 0.6) is 0 Å². The summed E-state index contributed by atoms with van der Waals surface area (Å²) in [4.78, 5) is 22.7. The summed E-state index contributed by atoms with van der Waals surface area (Å²) in [6, 6.07) is 6.16. The van der Waals surface area contributed by atoms with Gasteiger partial charge in [0.15, 0.2) is 0 Å². The molecule has 2 amide bonds. The molecule has 26 heavy (non-hydrogen) atoms. The number of urea groups is 1. The molecule has 0 fully saturated rings. The number of aromatic carboxylic acids is 1. The summed E-state index contributed by atoms with van der Waals surface area (Å²) in [6.45, 7) is 1.78. The third kappa shape index (κ3) is 4.59. The van der Waals surface area contributed by atoms with Gasteiger partial charge in [0.25, 0.3) is 0 Å². The summed E-state index contributed by atoms with van der Waals surface area (Å²) < 4.78 is 2.18. The third-order valence-electron chi connectivity index (χ3n) is 4.47. The van der Waals surface area contributed by atoms with Crippen molar-refractivity contribution in [1.29, 1.82) is 0 Å². The number of fused-ring (bicyclic) bond motifs is 1. The molecule has 0 saturated heterocycles. The van der Waals surface area contributed by atoms with Gasteiger partial charge in [0.05, 0.1) is 5.56 Å². The zero-order chi connectivity index (χ0) is 18.4. The van der Waals surface area contributed by atoms with E-state index in [4.69, 9.17) is 5.11 Å². The van der Waals surface area contributed by atoms with E-state index in [-0.39, 0.29) is 11.6 Å². The predicted octanol–water partition coefficient (Wildman–Crippen LogP) is 1.74. The van der Waals surface area contributed by atoms with E-state index >= 15 is 0 Å². The zero-order valence-electron chi connectivity index (χ0n) is 14.6. The lowest BCUT2D eigenvalue weighted by Crippen LogP contribution is -2.36. The van der Waals surface area contributed by atoms with Gasteiger partial charge in [0.2, 0.25) is 0 Å². The molecule has 3 rings (SSSR count). The Balaban J connectivity index is 1.42. The Morgan fingerprint density at radius 1 is 1.08 bits per heavy atom. The van der Waals surface area contributed by atoms with Gasteiger partial charge in [0.1, 0.15) is 11.6 Å². The Bertz CT molecular complexity index is 770. The number of amides is 2. The minimum Gasteiger partial charge on any atom is -0.478 e. The molecule has 0 saturated carbocycles. The van der Waals surface area contributed by atoms with Gasteiger partial charge in [-0.1, -0.05) is 18.6 Å². The molecule has 1 aromatic heterocycles. The van der Waals surface area contributed by atoms with E-state index in [1.165, 1.54) is 18.6 Å². The summed E-state index contributed by atoms with van der Waals surface area (Å²) in [5, 5.41) is 22.9. The molecule has 1 aliphatic rings. The Morgan fingerprint density at radius 3 is 2.65 bits per heavy atom. The molecule has 2 aromatic rings. The maximum atomic E-state index is 11.9. The average molecular weight is 357 g/mol. The first kappa shape index (κ1) is 17.9. The topological polar surface area (TPSA) is 109 Å². The molecule has 0 radical (unpaired) electrons. The predicted molar refractivity (Wildman–Crippen MR) is 94.9 cm³/mol. The van der Waals surface area contributed by atoms with Crippen molar-refractivity contribution in [1.82, 2.24) is 25.4 Å². The molecular weight excluding hydrogens is 334 g/mol. The van der Waals surface area contributed by atoms with Gasteiger partial charge in [-0.05, 0) is 30.5 Å². The fourth-order valence-electron chi connectivity index (χ4n) is 3.03. The second-order valence-electron chi connectivity index (χ2n) is 6.36. The van der Waals surface area contributed by atoms with Crippen LogP contribution in [0.2, 0.25) is 0 Å². The van der Waals surface area contributed by atoms with Gasteiger partial charge in [-0.15, -0.1) is 10.2 Å². The third-order valence-corrected chi connectivity index (χ3v) is 4.47. The number of carbonyl (C=O) groups excluding carboxylic acids is 1. The van der Waals surface area contributed by atoms with E-state index in [1.807, 2.05) is 0 Å². The molecule has 8 heteroatoms. The van der Waals surface area contributed by atoms with Crippen molar-refractivity contribution in [2.24, 2.45) is 0 Å². The Morgan fingerprint density at radius 2 is 1.88 bits per heavy atom. The van der Waals surface area contributed by atoms with Crippen LogP contribution in [0.1, 0.15) is 46.8 Å². The zero-order valence-corrected chi connectivity index (χ0v) is 14.6. The number of hydrogen-bond donors (Lipinski definition) is 3. The molecule has 2 heterocycles. The second-order valence-corrected chi connectivity index (χ2v) is 6.36. The number of hydrogen-bond acceptors (Lipinski definition) is 4. The maximum absolute atomic E-state index is 11.9. The highest BCUT2D eigenvalue weighted by molar-refractivity contribution is 5.87. The number of aryl methyl sites for hydroxylation is 1. The normalized spacial score (nSPS) is 13.5. The molecule has 0 spiro atoms. The van der Waals surface area contributed by atoms with Gasteiger partial charge >= 0.3 is 12.0 Å². The largest absolute Gasteiger partial charge is 0.478 e. The molecule has 0 bridgehead atoms. The number of aromatic nitrogens is 3. The Hall–Kier alpha value is -2.90. The van der Waals surface area contributed by atoms with Crippen molar-refractivity contribution in [3.63, 3.8) is 0 Å². The fraction of sp³-hybridized carbons (Fsp3) is 0.444. The number of benzene rings is 1. The summed E-state index contributed by atoms with van der Waals surface area (Å²) in [5.41, 5.74) is 1.07. The Labute approximate surface area is 151 Å². The molecule has 1 aromatic carbocycles. The highest BCUT2D eigenvalue weighted by Crippen LogP contribution is 2.14. The van der Waals surface area contributed by atoms with Gasteiger partial charge < -0.3 is 20.3 Å². The van der Waals surface area contributed by atoms with Gasteiger partial charge in [-0.2, -0.15) is 0 Å². The highest BCUT2D eigenvalue weighted by atomic mass is 16.4. The van der Waals surface area contributed by atoms with Crippen LogP contribution in [0.25, 0.3) is 0 Å². The number of rotatable bonds is 6. The van der Waals surface area contributed by atoms with Crippen LogP contribution < -0.4 is 10.6 Å². The molecule has 8 nitrogen and oxygen atoms in total. The number of carbonyl (C=O) groups is 2. The lowest BCUT2D eigenvalue weighted by Gasteiger charge is -2.09. The first-order valence-electron chi connectivity index (χ1n) is 8.88. The van der Waals surface area contributed by atoms with E-state index in [9.17, 15) is 9.59 Å². The molecule has 0 atom stereocenters. The second kappa shape index (κ2) is 8.46. The van der Waals surface area contributed by atoms with Crippen LogP contribution in [-0.4, -0.2) is 38.4 Å². The lowest BCUT2D eigenvalue weighted by molar-refractivity contribution is 0.0697. The van der Waals surface area contributed by atoms with Crippen molar-refractivity contribution in [3.05, 3.63) is 47.0 Å². The van der Waals surface area contributed by atoms with E-state index < -0.39 is 5.97 Å². The SMILES string of the molecule is O=C(NCCc1nnc2n1CCCCC2)NCc1ccc(C(=O)O)cc1. The smallest absolute Gasteiger partial charge is 0.335 e. The first-order valence-corrected chi connectivity index (χ1v) is 8.88. The van der Waals surface area contributed by atoms with Crippen LogP contribution in [0.4, 0.5) is 4.79 Å². The molecular formula is C18H23N5O3. The number of carboxylic acids is 1. The van der Waals surface area contributed by atoms with E-state index in [0.29, 0.717) is 19.5 Å². The first-order chi connectivity index (χ1) is 12.6. The van der Waals surface area contributed by atoms with E-state index in [2.05, 4.69) is 25.4 Å². The van der Waals surface area contributed by atoms with Crippen molar-refractivity contribution >= 4 is 12.0 Å². The minimum atomic E-state index is -0.964. The standard InChI is InChI=1S/C18H23N5O3/c24-17(25)14-7-5-13(6-8-14)12-20-18(26)19-10-9-16-22-21-15-4-2-1-3-11-23(15)16/h5-8H,1-4,9-12H2,(H,24,25)(H2,19,20,26). The molecule has 0 unspecified atom stereocenters.